The molecule has 204 valence electrons. The second-order valence-corrected chi connectivity index (χ2v) is 20.8. The second-order valence-electron chi connectivity index (χ2n) is 11.9. The zero-order valence-electron chi connectivity index (χ0n) is 23.4. The van der Waals surface area contributed by atoms with Crippen LogP contribution in [0, 0.1) is 6.92 Å². The molecule has 0 aliphatic carbocycles. The van der Waals surface area contributed by atoms with Gasteiger partial charge in [0.25, 0.3) is 0 Å². The Morgan fingerprint density at radius 2 is 1.64 bits per heavy atom. The minimum Gasteiger partial charge on any atom is -0.414 e. The fraction of sp³-hybridized carbons (Fsp3) is 0.833. The van der Waals surface area contributed by atoms with Gasteiger partial charge in [-0.1, -0.05) is 55.4 Å². The van der Waals surface area contributed by atoms with Crippen LogP contribution in [-0.4, -0.2) is 69.7 Å². The van der Waals surface area contributed by atoms with Crippen LogP contribution in [0.25, 0.3) is 0 Å². The van der Waals surface area contributed by atoms with Gasteiger partial charge in [-0.25, -0.2) is 4.79 Å². The van der Waals surface area contributed by atoms with Gasteiger partial charge in [-0.2, -0.15) is 10.0 Å². The molecule has 4 atom stereocenters. The highest BCUT2D eigenvalue weighted by atomic mass is 28.5. The Labute approximate surface area is 216 Å². The average molecular weight is 541 g/mol. The molecule has 12 heteroatoms. The Bertz CT molecular complexity index is 1020. The van der Waals surface area contributed by atoms with Gasteiger partial charge < -0.3 is 23.4 Å². The van der Waals surface area contributed by atoms with Crippen LogP contribution in [0.4, 0.5) is 5.82 Å². The van der Waals surface area contributed by atoms with E-state index >= 15 is 0 Å². The number of hydrogen-bond donors (Lipinski definition) is 1. The lowest BCUT2D eigenvalue weighted by Crippen LogP contribution is -2.71. The molecule has 1 aromatic rings. The number of nitrogens with two attached hydrogens (primary N) is 1. The lowest BCUT2D eigenvalue weighted by Gasteiger charge is -2.55. The number of likely N-dealkylation sites (N-methyl/N-ethyl adjacent to an activating group) is 1. The maximum Gasteiger partial charge on any atom is 0.351 e. The normalized spacial score (nSPS) is 32.2. The summed E-state index contributed by atoms with van der Waals surface area (Å²) in [5, 5.41) is 1.78. The first-order valence-corrected chi connectivity index (χ1v) is 17.1. The van der Waals surface area contributed by atoms with Crippen LogP contribution >= 0.6 is 0 Å². The number of nitrogen functional groups attached to an aromatic ring is 1. The molecule has 10 nitrogen and oxygen atoms in total. The maximum absolute atomic E-state index is 13.0. The van der Waals surface area contributed by atoms with Crippen LogP contribution in [0.2, 0.25) is 22.2 Å². The molecule has 3 aliphatic rings. The molecular formula is C24H44N4O6Si2. The summed E-state index contributed by atoms with van der Waals surface area (Å²) < 4.78 is 29.9. The predicted octanol–water partition coefficient (Wildman–Crippen LogP) is 3.60. The van der Waals surface area contributed by atoms with Crippen molar-refractivity contribution in [2.75, 3.05) is 25.9 Å². The average Bonchev–Trinajstić information content (AvgIpc) is 2.92. The summed E-state index contributed by atoms with van der Waals surface area (Å²) in [6.07, 6.45) is -0.0830. The number of hydrogen-bond acceptors (Lipinski definition) is 9. The van der Waals surface area contributed by atoms with Crippen LogP contribution < -0.4 is 11.4 Å². The Hall–Kier alpha value is -1.13. The van der Waals surface area contributed by atoms with Gasteiger partial charge in [0.1, 0.15) is 17.5 Å². The summed E-state index contributed by atoms with van der Waals surface area (Å²) in [5.74, 6) is 0.211. The number of aryl methyl sites for hydroxylation is 1. The van der Waals surface area contributed by atoms with Crippen LogP contribution in [0.5, 0.6) is 0 Å². The third-order valence-electron chi connectivity index (χ3n) is 8.08. The fourth-order valence-corrected chi connectivity index (χ4v) is 17.4. The van der Waals surface area contributed by atoms with Gasteiger partial charge in [0.05, 0.1) is 13.2 Å². The lowest BCUT2D eigenvalue weighted by atomic mass is 9.94. The molecule has 2 bridgehead atoms. The van der Waals surface area contributed by atoms with Gasteiger partial charge in [0, 0.05) is 18.8 Å². The van der Waals surface area contributed by atoms with E-state index in [-0.39, 0.29) is 28.0 Å². The third-order valence-corrected chi connectivity index (χ3v) is 18.3. The predicted molar refractivity (Wildman–Crippen MR) is 142 cm³/mol. The summed E-state index contributed by atoms with van der Waals surface area (Å²) in [5.41, 5.74) is 6.07. The molecule has 4 rings (SSSR count). The van der Waals surface area contributed by atoms with Crippen molar-refractivity contribution in [3.63, 3.8) is 0 Å². The topological polar surface area (TPSA) is 110 Å². The zero-order chi connectivity index (χ0) is 26.8. The third kappa shape index (κ3) is 4.23. The van der Waals surface area contributed by atoms with E-state index in [9.17, 15) is 4.79 Å². The van der Waals surface area contributed by atoms with Crippen molar-refractivity contribution in [2.24, 2.45) is 0 Å². The molecule has 0 aromatic carbocycles. The molecule has 0 amide bonds. The highest BCUT2D eigenvalue weighted by Gasteiger charge is 2.68. The number of aromatic nitrogens is 2. The van der Waals surface area contributed by atoms with E-state index in [1.165, 1.54) is 4.57 Å². The van der Waals surface area contributed by atoms with E-state index in [1.54, 1.807) is 11.3 Å². The minimum atomic E-state index is -2.89. The number of ether oxygens (including phenoxy) is 1. The molecule has 3 aliphatic heterocycles. The molecular weight excluding hydrogens is 496 g/mol. The Balaban J connectivity index is 1.89. The van der Waals surface area contributed by atoms with Gasteiger partial charge in [-0.3, -0.25) is 9.40 Å². The van der Waals surface area contributed by atoms with E-state index in [0.717, 1.165) is 0 Å². The van der Waals surface area contributed by atoms with Crippen LogP contribution in [0.3, 0.4) is 0 Å². The Morgan fingerprint density at radius 3 is 2.19 bits per heavy atom. The van der Waals surface area contributed by atoms with Gasteiger partial charge >= 0.3 is 22.8 Å². The van der Waals surface area contributed by atoms with Crippen molar-refractivity contribution in [1.29, 1.82) is 0 Å². The second kappa shape index (κ2) is 9.56. The monoisotopic (exact) mass is 540 g/mol. The molecule has 36 heavy (non-hydrogen) atoms. The standard InChI is InChI=1S/C24H44N4O6Si2/c1-14(2)35(15(3)4)30-13-24-12-27(10)32-19(20(24)33-36(34-35,16(5)6)17(7)8)22(31-24)28-11-18(9)21(25)26-23(28)29/h11,14-17,19-20,22H,12-13H2,1-10H3,(H2,25,26,29)/t19-,20?,22+,24+/m0/s1. The summed E-state index contributed by atoms with van der Waals surface area (Å²) in [6, 6.07) is 0. The summed E-state index contributed by atoms with van der Waals surface area (Å²) >= 11 is 0. The molecule has 3 saturated heterocycles. The van der Waals surface area contributed by atoms with E-state index in [2.05, 4.69) is 60.4 Å². The molecule has 0 saturated carbocycles. The van der Waals surface area contributed by atoms with Crippen LogP contribution in [0.1, 0.15) is 67.2 Å². The Kier molecular flexibility index (Phi) is 7.41. The first kappa shape index (κ1) is 27.9. The highest BCUT2D eigenvalue weighted by Crippen LogP contribution is 2.53. The van der Waals surface area contributed by atoms with Crippen molar-refractivity contribution in [2.45, 2.75) is 109 Å². The lowest BCUT2D eigenvalue weighted by molar-refractivity contribution is -0.257. The largest absolute Gasteiger partial charge is 0.414 e. The quantitative estimate of drug-likeness (QED) is 0.560. The number of rotatable bonds is 5. The van der Waals surface area contributed by atoms with E-state index in [1.807, 2.05) is 14.0 Å². The van der Waals surface area contributed by atoms with Gasteiger partial charge in [-0.15, -0.1) is 0 Å². The SMILES string of the molecule is Cc1cn([C@@H]2O[C@]34CO[Si](C(C)C)(C(C)C)O[Si](C(C)C)(C(C)C)OC3[C@@H]2ON(C)C4)c(=O)nc1N. The van der Waals surface area contributed by atoms with Gasteiger partial charge in [-0.05, 0) is 29.1 Å². The molecule has 4 heterocycles. The van der Waals surface area contributed by atoms with Crippen molar-refractivity contribution in [3.05, 3.63) is 22.2 Å². The number of anilines is 1. The van der Waals surface area contributed by atoms with Crippen LogP contribution in [-0.2, 0) is 22.5 Å². The highest BCUT2D eigenvalue weighted by molar-refractivity contribution is 6.84. The van der Waals surface area contributed by atoms with E-state index < -0.39 is 46.8 Å². The summed E-state index contributed by atoms with van der Waals surface area (Å²) in [6.45, 7) is 20.1. The number of hydroxylamine groups is 2. The van der Waals surface area contributed by atoms with Crippen molar-refractivity contribution in [1.82, 2.24) is 14.6 Å². The molecule has 2 N–H and O–H groups in total. The summed E-state index contributed by atoms with van der Waals surface area (Å²) in [4.78, 5) is 23.3. The molecule has 3 fully saturated rings. The van der Waals surface area contributed by atoms with Crippen molar-refractivity contribution in [3.8, 4) is 0 Å². The fourth-order valence-electron chi connectivity index (χ4n) is 6.14. The first-order chi connectivity index (χ1) is 16.7. The van der Waals surface area contributed by atoms with Crippen molar-refractivity contribution < 1.29 is 22.5 Å². The summed E-state index contributed by atoms with van der Waals surface area (Å²) in [7, 11) is -3.76. The molecule has 1 aromatic heterocycles. The molecule has 0 spiro atoms. The smallest absolute Gasteiger partial charge is 0.351 e. The number of nitrogens with zero attached hydrogens (tertiary/aromatic N) is 3. The Morgan fingerprint density at radius 1 is 1.06 bits per heavy atom. The minimum absolute atomic E-state index is 0.168. The zero-order valence-corrected chi connectivity index (χ0v) is 25.4. The van der Waals surface area contributed by atoms with E-state index in [0.29, 0.717) is 18.7 Å². The molecule has 1 unspecified atom stereocenters. The van der Waals surface area contributed by atoms with E-state index in [4.69, 9.17) is 28.3 Å². The first-order valence-electron chi connectivity index (χ1n) is 13.1. The maximum atomic E-state index is 13.0. The van der Waals surface area contributed by atoms with Crippen molar-refractivity contribution >= 4 is 22.9 Å². The van der Waals surface area contributed by atoms with Gasteiger partial charge in [0.15, 0.2) is 12.3 Å². The van der Waals surface area contributed by atoms with Gasteiger partial charge in [0.2, 0.25) is 0 Å². The molecule has 0 radical (unpaired) electrons. The van der Waals surface area contributed by atoms with Crippen LogP contribution in [0.15, 0.2) is 11.0 Å².